The third-order valence-electron chi connectivity index (χ3n) is 11.9. The van der Waals surface area contributed by atoms with Crippen LogP contribution in [0.1, 0.15) is 226 Å². The predicted molar refractivity (Wildman–Crippen MR) is 249 cm³/mol. The highest BCUT2D eigenvalue weighted by Crippen LogP contribution is 2.23. The molecule has 0 aromatic carbocycles. The maximum absolute atomic E-state index is 13.0. The average molecular weight is 850 g/mol. The lowest BCUT2D eigenvalue weighted by Gasteiger charge is -2.40. The van der Waals surface area contributed by atoms with Crippen LogP contribution in [0.2, 0.25) is 0 Å². The van der Waals surface area contributed by atoms with Gasteiger partial charge in [0.25, 0.3) is 0 Å². The van der Waals surface area contributed by atoms with Gasteiger partial charge in [0.15, 0.2) is 6.29 Å². The van der Waals surface area contributed by atoms with E-state index in [-0.39, 0.29) is 12.5 Å². The second kappa shape index (κ2) is 41.4. The number of amides is 1. The maximum atomic E-state index is 13.0. The third-order valence-corrected chi connectivity index (χ3v) is 11.9. The lowest BCUT2D eigenvalue weighted by atomic mass is 9.99. The van der Waals surface area contributed by atoms with Gasteiger partial charge in [-0.05, 0) is 57.8 Å². The third kappa shape index (κ3) is 31.3. The second-order valence-electron chi connectivity index (χ2n) is 17.6. The first-order valence-electron chi connectivity index (χ1n) is 25.2. The summed E-state index contributed by atoms with van der Waals surface area (Å²) in [5.41, 5.74) is 0. The van der Waals surface area contributed by atoms with Crippen molar-refractivity contribution in [3.8, 4) is 0 Å². The fourth-order valence-corrected chi connectivity index (χ4v) is 7.87. The molecule has 1 fully saturated rings. The summed E-state index contributed by atoms with van der Waals surface area (Å²) in [6, 6.07) is -0.819. The number of unbranched alkanes of at least 4 members (excludes halogenated alkanes) is 28. The Morgan fingerprint density at radius 1 is 0.550 bits per heavy atom. The fraction of sp³-hybridized carbons (Fsp3) is 0.863. The van der Waals surface area contributed by atoms with E-state index in [1.54, 1.807) is 6.08 Å². The van der Waals surface area contributed by atoms with Gasteiger partial charge in [-0.3, -0.25) is 4.79 Å². The minimum atomic E-state index is -1.57. The van der Waals surface area contributed by atoms with Crippen molar-refractivity contribution in [1.82, 2.24) is 5.32 Å². The highest BCUT2D eigenvalue weighted by atomic mass is 16.7. The Balaban J connectivity index is 2.28. The molecule has 0 saturated carbocycles. The molecule has 1 heterocycles. The minimum absolute atomic E-state index is 0.186. The Labute approximate surface area is 368 Å². The lowest BCUT2D eigenvalue weighted by molar-refractivity contribution is -0.302. The van der Waals surface area contributed by atoms with Crippen molar-refractivity contribution >= 4 is 5.91 Å². The molecule has 1 aliphatic heterocycles. The van der Waals surface area contributed by atoms with E-state index in [4.69, 9.17) is 9.47 Å². The highest BCUT2D eigenvalue weighted by molar-refractivity contribution is 5.76. The van der Waals surface area contributed by atoms with E-state index in [1.165, 1.54) is 167 Å². The molecule has 0 aromatic rings. The van der Waals surface area contributed by atoms with Crippen LogP contribution in [0.4, 0.5) is 0 Å². The highest BCUT2D eigenvalue weighted by Gasteiger charge is 2.44. The summed E-state index contributed by atoms with van der Waals surface area (Å²) in [7, 11) is 0. The van der Waals surface area contributed by atoms with E-state index in [0.717, 1.165) is 38.5 Å². The summed E-state index contributed by atoms with van der Waals surface area (Å²) in [5.74, 6) is -0.186. The van der Waals surface area contributed by atoms with Crippen molar-refractivity contribution in [1.29, 1.82) is 0 Å². The summed E-state index contributed by atoms with van der Waals surface area (Å²) in [5, 5.41) is 54.2. The number of hydrogen-bond acceptors (Lipinski definition) is 8. The summed E-state index contributed by atoms with van der Waals surface area (Å²) >= 11 is 0. The predicted octanol–water partition coefficient (Wildman–Crippen LogP) is 11.2. The van der Waals surface area contributed by atoms with Gasteiger partial charge in [-0.1, -0.05) is 198 Å². The Hall–Kier alpha value is -1.59. The second-order valence-corrected chi connectivity index (χ2v) is 17.6. The number of rotatable bonds is 42. The SMILES string of the molecule is CCCCCCCC/C=C/CCCCCCCCCCCCCCCC(=O)N[C@@H](CO[C@H]1O[C@@H](CO)[C@H](O)C(O)C1O)[C@H](O)/C=C/CC/C=C/CCCCCCCCCC. The van der Waals surface area contributed by atoms with Crippen molar-refractivity contribution in [2.24, 2.45) is 0 Å². The molecule has 7 atom stereocenters. The largest absolute Gasteiger partial charge is 0.394 e. The molecular formula is C51H95NO8. The molecule has 0 bridgehead atoms. The first kappa shape index (κ1) is 56.4. The minimum Gasteiger partial charge on any atom is -0.394 e. The molecule has 60 heavy (non-hydrogen) atoms. The number of carbonyl (C=O) groups excluding carboxylic acids is 1. The van der Waals surface area contributed by atoms with Crippen LogP contribution < -0.4 is 5.32 Å². The van der Waals surface area contributed by atoms with E-state index in [0.29, 0.717) is 6.42 Å². The Morgan fingerprint density at radius 2 is 0.950 bits per heavy atom. The zero-order chi connectivity index (χ0) is 43.7. The van der Waals surface area contributed by atoms with E-state index < -0.39 is 49.5 Å². The van der Waals surface area contributed by atoms with Gasteiger partial charge in [0.05, 0.1) is 25.4 Å². The van der Waals surface area contributed by atoms with Gasteiger partial charge < -0.3 is 40.3 Å². The Bertz CT molecular complexity index is 1030. The standard InChI is InChI=1S/C51H95NO8/c1-3-5-7-9-11-13-15-17-19-20-21-22-23-24-25-26-27-29-31-33-35-37-39-41-47(55)52-44(43-59-51-50(58)49(57)48(56)46(42-53)60-51)45(54)40-38-36-34-32-30-28-18-16-14-12-10-8-6-4-2/h17,19,30,32,38,40,44-46,48-51,53-54,56-58H,3-16,18,20-29,31,33-37,39,41-43H2,1-2H3,(H,52,55)/b19-17+,32-30+,40-38+/t44-,45+,46-,48-,49?,50?,51-/m0/s1. The van der Waals surface area contributed by atoms with Gasteiger partial charge >= 0.3 is 0 Å². The molecule has 1 saturated heterocycles. The van der Waals surface area contributed by atoms with Crippen molar-refractivity contribution in [2.75, 3.05) is 13.2 Å². The molecular weight excluding hydrogens is 755 g/mol. The Kier molecular flexibility index (Phi) is 39.0. The van der Waals surface area contributed by atoms with Crippen LogP contribution in [0, 0.1) is 0 Å². The summed E-state index contributed by atoms with van der Waals surface area (Å²) < 4.78 is 11.2. The van der Waals surface area contributed by atoms with Crippen molar-refractivity contribution in [3.05, 3.63) is 36.5 Å². The quantitative estimate of drug-likeness (QED) is 0.0263. The summed E-state index contributed by atoms with van der Waals surface area (Å²) in [6.45, 7) is 3.75. The summed E-state index contributed by atoms with van der Waals surface area (Å²) in [4.78, 5) is 13.0. The topological polar surface area (TPSA) is 149 Å². The molecule has 1 amide bonds. The van der Waals surface area contributed by atoms with Crippen molar-refractivity contribution in [2.45, 2.75) is 269 Å². The average Bonchev–Trinajstić information content (AvgIpc) is 3.25. The number of aliphatic hydroxyl groups is 5. The summed E-state index contributed by atoms with van der Waals surface area (Å²) in [6.07, 6.45) is 44.8. The van der Waals surface area contributed by atoms with Gasteiger partial charge in [-0.2, -0.15) is 0 Å². The first-order valence-corrected chi connectivity index (χ1v) is 25.2. The normalized spacial score (nSPS) is 20.8. The molecule has 6 N–H and O–H groups in total. The molecule has 0 radical (unpaired) electrons. The van der Waals surface area contributed by atoms with E-state index in [2.05, 4.69) is 43.5 Å². The molecule has 1 aliphatic rings. The van der Waals surface area contributed by atoms with Gasteiger partial charge in [0.1, 0.15) is 24.4 Å². The van der Waals surface area contributed by atoms with E-state index in [1.807, 2.05) is 6.08 Å². The van der Waals surface area contributed by atoms with Crippen LogP contribution in [-0.2, 0) is 14.3 Å². The van der Waals surface area contributed by atoms with Crippen LogP contribution in [0.5, 0.6) is 0 Å². The van der Waals surface area contributed by atoms with Gasteiger partial charge in [0, 0.05) is 6.42 Å². The van der Waals surface area contributed by atoms with Crippen LogP contribution in [0.25, 0.3) is 0 Å². The number of hydrogen-bond donors (Lipinski definition) is 6. The van der Waals surface area contributed by atoms with Gasteiger partial charge in [0.2, 0.25) is 5.91 Å². The van der Waals surface area contributed by atoms with Crippen LogP contribution >= 0.6 is 0 Å². The molecule has 0 aromatic heterocycles. The molecule has 9 nitrogen and oxygen atoms in total. The first-order chi connectivity index (χ1) is 29.3. The number of aliphatic hydroxyl groups excluding tert-OH is 5. The molecule has 0 spiro atoms. The molecule has 352 valence electrons. The fourth-order valence-electron chi connectivity index (χ4n) is 7.87. The number of allylic oxidation sites excluding steroid dienone is 5. The maximum Gasteiger partial charge on any atom is 0.220 e. The van der Waals surface area contributed by atoms with E-state index in [9.17, 15) is 30.3 Å². The zero-order valence-corrected chi connectivity index (χ0v) is 38.7. The number of nitrogens with one attached hydrogen (secondary N) is 1. The Morgan fingerprint density at radius 3 is 1.40 bits per heavy atom. The van der Waals surface area contributed by atoms with E-state index >= 15 is 0 Å². The lowest BCUT2D eigenvalue weighted by Crippen LogP contribution is -2.60. The molecule has 0 aliphatic carbocycles. The number of ether oxygens (including phenoxy) is 2. The zero-order valence-electron chi connectivity index (χ0n) is 38.7. The van der Waals surface area contributed by atoms with Crippen LogP contribution in [0.15, 0.2) is 36.5 Å². The van der Waals surface area contributed by atoms with Crippen molar-refractivity contribution < 1.29 is 39.8 Å². The van der Waals surface area contributed by atoms with Gasteiger partial charge in [-0.25, -0.2) is 0 Å². The smallest absolute Gasteiger partial charge is 0.220 e. The van der Waals surface area contributed by atoms with Crippen LogP contribution in [-0.4, -0.2) is 87.5 Å². The molecule has 2 unspecified atom stereocenters. The monoisotopic (exact) mass is 850 g/mol. The van der Waals surface area contributed by atoms with Crippen LogP contribution in [0.3, 0.4) is 0 Å². The number of carbonyl (C=O) groups is 1. The molecule has 1 rings (SSSR count). The van der Waals surface area contributed by atoms with Gasteiger partial charge in [-0.15, -0.1) is 0 Å². The molecule has 9 heteroatoms. The van der Waals surface area contributed by atoms with Crippen molar-refractivity contribution in [3.63, 3.8) is 0 Å².